The number of rotatable bonds is 5. The van der Waals surface area contributed by atoms with Crippen LogP contribution in [0.5, 0.6) is 0 Å². The van der Waals surface area contributed by atoms with Crippen LogP contribution >= 0.6 is 11.3 Å². The van der Waals surface area contributed by atoms with Crippen LogP contribution in [0.1, 0.15) is 22.3 Å². The van der Waals surface area contributed by atoms with E-state index in [1.807, 2.05) is 35.8 Å². The number of Topliss-reactive ketones (excluding diaryl/α,β-unsaturated/α-hetero) is 1. The van der Waals surface area contributed by atoms with E-state index in [0.717, 1.165) is 22.5 Å². The number of nitrogens with zero attached hydrogens (tertiary/aromatic N) is 3. The molecule has 2 heterocycles. The number of pyridine rings is 1. The van der Waals surface area contributed by atoms with Crippen LogP contribution in [0.2, 0.25) is 0 Å². The van der Waals surface area contributed by atoms with Crippen molar-refractivity contribution in [3.8, 4) is 11.1 Å². The van der Waals surface area contributed by atoms with Crippen LogP contribution in [-0.2, 0) is 6.54 Å². The molecule has 0 radical (unpaired) electrons. The van der Waals surface area contributed by atoms with Crippen molar-refractivity contribution in [2.24, 2.45) is 4.99 Å². The Morgan fingerprint density at radius 1 is 1.23 bits per heavy atom. The Hall–Kier alpha value is -2.64. The minimum Gasteiger partial charge on any atom is -0.395 e. The van der Waals surface area contributed by atoms with Gasteiger partial charge in [0, 0.05) is 30.9 Å². The molecule has 3 rings (SSSR count). The van der Waals surface area contributed by atoms with Gasteiger partial charge < -0.3 is 9.67 Å². The number of aliphatic hydroxyl groups excluding tert-OH is 1. The monoisotopic (exact) mass is 371 g/mol. The number of aromatic nitrogens is 2. The largest absolute Gasteiger partial charge is 0.395 e. The highest BCUT2D eigenvalue weighted by atomic mass is 32.1. The van der Waals surface area contributed by atoms with Crippen LogP contribution in [0.15, 0.2) is 47.6 Å². The lowest BCUT2D eigenvalue weighted by molar-refractivity contribution is 0.102. The SMILES string of the molecule is CC(=O)c1sc(=Nc2ccc(-c3ccc(F)nc3)cc2)n(CCO)c1C. The van der Waals surface area contributed by atoms with Crippen LogP contribution in [0.3, 0.4) is 0 Å². The van der Waals surface area contributed by atoms with Crippen molar-refractivity contribution in [2.75, 3.05) is 6.61 Å². The fourth-order valence-electron chi connectivity index (χ4n) is 2.64. The van der Waals surface area contributed by atoms with E-state index < -0.39 is 5.95 Å². The van der Waals surface area contributed by atoms with Crippen molar-refractivity contribution in [1.29, 1.82) is 0 Å². The van der Waals surface area contributed by atoms with Crippen molar-refractivity contribution < 1.29 is 14.3 Å². The van der Waals surface area contributed by atoms with Gasteiger partial charge in [-0.2, -0.15) is 4.39 Å². The number of ketones is 1. The van der Waals surface area contributed by atoms with E-state index in [-0.39, 0.29) is 12.4 Å². The molecule has 134 valence electrons. The fraction of sp³-hybridized carbons (Fsp3) is 0.211. The number of benzene rings is 1. The molecule has 1 aromatic carbocycles. The fourth-order valence-corrected chi connectivity index (χ4v) is 3.72. The average molecular weight is 371 g/mol. The van der Waals surface area contributed by atoms with Gasteiger partial charge in [-0.05, 0) is 36.8 Å². The summed E-state index contributed by atoms with van der Waals surface area (Å²) < 4.78 is 14.8. The number of aliphatic hydroxyl groups is 1. The third kappa shape index (κ3) is 3.79. The zero-order valence-electron chi connectivity index (χ0n) is 14.4. The van der Waals surface area contributed by atoms with E-state index in [1.165, 1.54) is 30.5 Å². The van der Waals surface area contributed by atoms with E-state index >= 15 is 0 Å². The highest BCUT2D eigenvalue weighted by Crippen LogP contribution is 2.22. The zero-order valence-corrected chi connectivity index (χ0v) is 15.3. The number of carbonyl (C=O) groups excluding carboxylic acids is 1. The number of hydrogen-bond donors (Lipinski definition) is 1. The van der Waals surface area contributed by atoms with E-state index in [1.54, 1.807) is 6.07 Å². The maximum atomic E-state index is 12.9. The van der Waals surface area contributed by atoms with Crippen LogP contribution < -0.4 is 4.80 Å². The number of carbonyl (C=O) groups is 1. The lowest BCUT2D eigenvalue weighted by atomic mass is 10.1. The third-order valence-electron chi connectivity index (χ3n) is 3.95. The highest BCUT2D eigenvalue weighted by Gasteiger charge is 2.13. The summed E-state index contributed by atoms with van der Waals surface area (Å²) in [4.78, 5) is 21.4. The predicted molar refractivity (Wildman–Crippen MR) is 99.0 cm³/mol. The summed E-state index contributed by atoms with van der Waals surface area (Å²) in [6.45, 7) is 3.73. The zero-order chi connectivity index (χ0) is 18.7. The van der Waals surface area contributed by atoms with Crippen LogP contribution in [0.25, 0.3) is 11.1 Å². The molecule has 0 aliphatic carbocycles. The molecule has 0 unspecified atom stereocenters. The van der Waals surface area contributed by atoms with Gasteiger partial charge >= 0.3 is 0 Å². The molecule has 0 bridgehead atoms. The molecule has 2 aromatic heterocycles. The first-order valence-electron chi connectivity index (χ1n) is 8.08. The summed E-state index contributed by atoms with van der Waals surface area (Å²) >= 11 is 1.32. The Morgan fingerprint density at radius 2 is 1.92 bits per heavy atom. The summed E-state index contributed by atoms with van der Waals surface area (Å²) in [6.07, 6.45) is 1.48. The Balaban J connectivity index is 1.98. The summed E-state index contributed by atoms with van der Waals surface area (Å²) in [5, 5.41) is 9.29. The molecule has 26 heavy (non-hydrogen) atoms. The summed E-state index contributed by atoms with van der Waals surface area (Å²) in [5.41, 5.74) is 3.27. The molecule has 0 spiro atoms. The molecule has 0 saturated heterocycles. The molecule has 0 aliphatic rings. The molecule has 1 N–H and O–H groups in total. The first-order valence-corrected chi connectivity index (χ1v) is 8.90. The summed E-state index contributed by atoms with van der Waals surface area (Å²) in [5.74, 6) is -0.525. The second-order valence-electron chi connectivity index (χ2n) is 5.76. The third-order valence-corrected chi connectivity index (χ3v) is 5.24. The molecule has 0 aliphatic heterocycles. The van der Waals surface area contributed by atoms with Gasteiger partial charge in [-0.1, -0.05) is 23.5 Å². The van der Waals surface area contributed by atoms with Gasteiger partial charge in [-0.15, -0.1) is 0 Å². The minimum absolute atomic E-state index is 0.0141. The average Bonchev–Trinajstić information content (AvgIpc) is 2.93. The first-order chi connectivity index (χ1) is 12.5. The molecular weight excluding hydrogens is 353 g/mol. The lowest BCUT2D eigenvalue weighted by Crippen LogP contribution is -2.18. The topological polar surface area (TPSA) is 67.5 Å². The van der Waals surface area contributed by atoms with E-state index in [4.69, 9.17) is 0 Å². The van der Waals surface area contributed by atoms with E-state index in [0.29, 0.717) is 16.2 Å². The molecule has 3 aromatic rings. The molecule has 7 heteroatoms. The molecule has 0 amide bonds. The van der Waals surface area contributed by atoms with Crippen LogP contribution in [0, 0.1) is 12.9 Å². The van der Waals surface area contributed by atoms with Gasteiger partial charge in [0.15, 0.2) is 10.6 Å². The van der Waals surface area contributed by atoms with E-state index in [9.17, 15) is 14.3 Å². The molecular formula is C19H18FN3O2S. The van der Waals surface area contributed by atoms with Gasteiger partial charge in [0.2, 0.25) is 5.95 Å². The van der Waals surface area contributed by atoms with Gasteiger partial charge in [-0.3, -0.25) is 4.79 Å². The first kappa shape index (κ1) is 18.2. The second kappa shape index (κ2) is 7.72. The minimum atomic E-state index is -0.511. The second-order valence-corrected chi connectivity index (χ2v) is 6.74. The van der Waals surface area contributed by atoms with Crippen LogP contribution in [0.4, 0.5) is 10.1 Å². The van der Waals surface area contributed by atoms with Gasteiger partial charge in [0.05, 0.1) is 17.2 Å². The van der Waals surface area contributed by atoms with Gasteiger partial charge in [0.25, 0.3) is 0 Å². The summed E-state index contributed by atoms with van der Waals surface area (Å²) in [7, 11) is 0. The van der Waals surface area contributed by atoms with Crippen LogP contribution in [-0.4, -0.2) is 27.0 Å². The van der Waals surface area contributed by atoms with Crippen molar-refractivity contribution >= 4 is 22.8 Å². The van der Waals surface area contributed by atoms with Gasteiger partial charge in [-0.25, -0.2) is 9.98 Å². The smallest absolute Gasteiger partial charge is 0.212 e. The highest BCUT2D eigenvalue weighted by molar-refractivity contribution is 7.11. The van der Waals surface area contributed by atoms with Gasteiger partial charge in [0.1, 0.15) is 0 Å². The number of halogens is 1. The molecule has 0 fully saturated rings. The standard InChI is InChI=1S/C19H18FN3O2S/c1-12-18(13(2)25)26-19(23(12)9-10-24)22-16-6-3-14(4-7-16)15-5-8-17(20)21-11-15/h3-8,11,24H,9-10H2,1-2H3. The van der Waals surface area contributed by atoms with Crippen molar-refractivity contribution in [3.63, 3.8) is 0 Å². The quantitative estimate of drug-likeness (QED) is 0.551. The Labute approximate surface area is 154 Å². The molecule has 5 nitrogen and oxygen atoms in total. The maximum Gasteiger partial charge on any atom is 0.212 e. The van der Waals surface area contributed by atoms with Crippen molar-refractivity contribution in [3.05, 3.63) is 63.9 Å². The normalized spacial score (nSPS) is 11.8. The predicted octanol–water partition coefficient (Wildman–Crippen LogP) is 3.49. The lowest BCUT2D eigenvalue weighted by Gasteiger charge is -2.04. The Kier molecular flexibility index (Phi) is 5.39. The number of hydrogen-bond acceptors (Lipinski definition) is 5. The summed E-state index contributed by atoms with van der Waals surface area (Å²) in [6, 6.07) is 10.5. The molecule has 0 saturated carbocycles. The maximum absolute atomic E-state index is 12.9. The van der Waals surface area contributed by atoms with Crippen molar-refractivity contribution in [1.82, 2.24) is 9.55 Å². The Bertz CT molecular complexity index is 989. The van der Waals surface area contributed by atoms with E-state index in [2.05, 4.69) is 9.98 Å². The molecule has 0 atom stereocenters. The van der Waals surface area contributed by atoms with Crippen molar-refractivity contribution in [2.45, 2.75) is 20.4 Å². The number of thiazole rings is 1. The Morgan fingerprint density at radius 3 is 2.50 bits per heavy atom.